The Morgan fingerprint density at radius 1 is 1.14 bits per heavy atom. The number of nitrogens with one attached hydrogen (secondary N) is 1. The average molecular weight is 610 g/mol. The van der Waals surface area contributed by atoms with Crippen molar-refractivity contribution in [3.05, 3.63) is 113 Å². The number of thioether (sulfide) groups is 1. The molecular weight excluding hydrogens is 583 g/mol. The Morgan fingerprint density at radius 2 is 1.88 bits per heavy atom. The van der Waals surface area contributed by atoms with Crippen LogP contribution in [-0.2, 0) is 21.6 Å². The molecule has 2 N–H and O–H groups in total. The van der Waals surface area contributed by atoms with Gasteiger partial charge in [-0.3, -0.25) is 4.79 Å². The molecule has 222 valence electrons. The first-order valence-electron chi connectivity index (χ1n) is 13.2. The molecule has 0 aliphatic carbocycles. The fourth-order valence-corrected chi connectivity index (χ4v) is 5.99. The van der Waals surface area contributed by atoms with Gasteiger partial charge in [-0.15, -0.1) is 11.8 Å². The van der Waals surface area contributed by atoms with Crippen molar-refractivity contribution in [2.24, 2.45) is 0 Å². The lowest BCUT2D eigenvalue weighted by atomic mass is 9.90. The van der Waals surface area contributed by atoms with Gasteiger partial charge in [0.2, 0.25) is 0 Å². The first-order valence-corrected chi connectivity index (χ1v) is 14.1. The number of benzene rings is 3. The number of hydrogen-bond acceptors (Lipinski definition) is 8. The molecule has 4 aromatic rings. The summed E-state index contributed by atoms with van der Waals surface area (Å²) in [5.74, 6) is -2.87. The predicted octanol–water partition coefficient (Wildman–Crippen LogP) is 4.94. The lowest BCUT2D eigenvalue weighted by molar-refractivity contribution is -0.181. The summed E-state index contributed by atoms with van der Waals surface area (Å²) in [6, 6.07) is 15.2. The number of ether oxygens (including phenoxy) is 2. The highest BCUT2D eigenvalue weighted by atomic mass is 32.2. The molecule has 3 aromatic carbocycles. The van der Waals surface area contributed by atoms with Gasteiger partial charge in [-0.05, 0) is 42.5 Å². The van der Waals surface area contributed by atoms with Crippen LogP contribution in [0, 0.1) is 28.8 Å². The number of aliphatic hydroxyl groups is 1. The van der Waals surface area contributed by atoms with Gasteiger partial charge in [-0.1, -0.05) is 19.1 Å². The molecule has 13 heteroatoms. The summed E-state index contributed by atoms with van der Waals surface area (Å²) < 4.78 is 56.4. The maximum atomic E-state index is 15.0. The lowest BCUT2D eigenvalue weighted by Crippen LogP contribution is -2.43. The fourth-order valence-electron chi connectivity index (χ4n) is 4.67. The molecule has 1 saturated heterocycles. The highest BCUT2D eigenvalue weighted by Crippen LogP contribution is 2.40. The number of anilines is 1. The van der Waals surface area contributed by atoms with Crippen LogP contribution >= 0.6 is 11.8 Å². The lowest BCUT2D eigenvalue weighted by Gasteiger charge is -2.37. The number of hydrogen-bond donors (Lipinski definition) is 2. The van der Waals surface area contributed by atoms with Crippen LogP contribution in [0.2, 0.25) is 0 Å². The largest absolute Gasteiger partial charge is 0.382 e. The minimum absolute atomic E-state index is 0.0865. The highest BCUT2D eigenvalue weighted by Gasteiger charge is 2.41. The van der Waals surface area contributed by atoms with Crippen LogP contribution < -0.4 is 5.32 Å². The second kappa shape index (κ2) is 13.0. The third-order valence-corrected chi connectivity index (χ3v) is 8.45. The molecular formula is C30H26F3N5O4S. The summed E-state index contributed by atoms with van der Waals surface area (Å²) in [7, 11) is 0. The van der Waals surface area contributed by atoms with Crippen molar-refractivity contribution in [3.63, 3.8) is 0 Å². The topological polar surface area (TPSA) is 122 Å². The van der Waals surface area contributed by atoms with Crippen molar-refractivity contribution in [3.8, 4) is 6.07 Å². The predicted molar refractivity (Wildman–Crippen MR) is 151 cm³/mol. The Morgan fingerprint density at radius 3 is 2.51 bits per heavy atom. The monoisotopic (exact) mass is 609 g/mol. The van der Waals surface area contributed by atoms with E-state index in [1.165, 1.54) is 47.3 Å². The third-order valence-electron chi connectivity index (χ3n) is 6.99. The average Bonchev–Trinajstić information content (AvgIpc) is 3.50. The van der Waals surface area contributed by atoms with E-state index in [0.29, 0.717) is 17.3 Å². The molecule has 1 fully saturated rings. The Kier molecular flexibility index (Phi) is 9.12. The molecule has 2 atom stereocenters. The standard InChI is InChI=1S/C30H26F3N5O4S/c1-18(30(40,15-38-17-35-16-36-38)25-9-5-21(31)11-27(25)33)43-23-13-41-29(42-14-23)24-8-4-20(10-26(24)32)28(39)37-22-6-2-19(12-34)3-7-22/h2-11,16-18,23,29,40H,13-15H2,1H3,(H,37,39). The smallest absolute Gasteiger partial charge is 0.255 e. The molecule has 2 unspecified atom stereocenters. The molecule has 9 nitrogen and oxygen atoms in total. The quantitative estimate of drug-likeness (QED) is 0.274. The van der Waals surface area contributed by atoms with Crippen LogP contribution in [0.4, 0.5) is 18.9 Å². The van der Waals surface area contributed by atoms with E-state index in [1.54, 1.807) is 31.2 Å². The van der Waals surface area contributed by atoms with Gasteiger partial charge in [0.05, 0.1) is 36.6 Å². The number of halogens is 3. The molecule has 0 bridgehead atoms. The van der Waals surface area contributed by atoms with E-state index in [4.69, 9.17) is 14.7 Å². The van der Waals surface area contributed by atoms with Gasteiger partial charge in [-0.25, -0.2) is 22.8 Å². The minimum atomic E-state index is -1.80. The van der Waals surface area contributed by atoms with Crippen molar-refractivity contribution in [2.75, 3.05) is 18.5 Å². The van der Waals surface area contributed by atoms with Crippen LogP contribution in [0.1, 0.15) is 40.3 Å². The van der Waals surface area contributed by atoms with Gasteiger partial charge < -0.3 is 19.9 Å². The second-order valence-electron chi connectivity index (χ2n) is 9.92. The van der Waals surface area contributed by atoms with E-state index in [2.05, 4.69) is 15.4 Å². The van der Waals surface area contributed by atoms with Gasteiger partial charge in [-0.2, -0.15) is 10.4 Å². The van der Waals surface area contributed by atoms with E-state index >= 15 is 4.39 Å². The molecule has 2 heterocycles. The molecule has 1 aliphatic rings. The van der Waals surface area contributed by atoms with E-state index in [-0.39, 0.29) is 41.7 Å². The summed E-state index contributed by atoms with van der Waals surface area (Å²) in [5.41, 5.74) is -0.787. The first-order chi connectivity index (χ1) is 20.7. The second-order valence-corrected chi connectivity index (χ2v) is 11.6. The maximum absolute atomic E-state index is 15.0. The van der Waals surface area contributed by atoms with Gasteiger partial charge in [0.1, 0.15) is 35.7 Å². The summed E-state index contributed by atoms with van der Waals surface area (Å²) in [5, 5.41) is 26.4. The zero-order chi connectivity index (χ0) is 30.6. The summed E-state index contributed by atoms with van der Waals surface area (Å²) >= 11 is 1.28. The van der Waals surface area contributed by atoms with Crippen molar-refractivity contribution in [2.45, 2.75) is 35.9 Å². The van der Waals surface area contributed by atoms with Crippen molar-refractivity contribution < 1.29 is 32.5 Å². The molecule has 0 saturated carbocycles. The van der Waals surface area contributed by atoms with Crippen molar-refractivity contribution >= 4 is 23.4 Å². The Bertz CT molecular complexity index is 1630. The van der Waals surface area contributed by atoms with Crippen LogP contribution in [0.5, 0.6) is 0 Å². The zero-order valence-electron chi connectivity index (χ0n) is 22.8. The minimum Gasteiger partial charge on any atom is -0.382 e. The van der Waals surface area contributed by atoms with Crippen molar-refractivity contribution in [1.82, 2.24) is 14.8 Å². The third kappa shape index (κ3) is 6.89. The Balaban J connectivity index is 1.22. The number of amides is 1. The van der Waals surface area contributed by atoms with Crippen LogP contribution in [-0.4, -0.2) is 49.5 Å². The molecule has 1 aliphatic heterocycles. The summed E-state index contributed by atoms with van der Waals surface area (Å²) in [4.78, 5) is 16.5. The number of aromatic nitrogens is 3. The van der Waals surface area contributed by atoms with Crippen LogP contribution in [0.25, 0.3) is 0 Å². The molecule has 0 radical (unpaired) electrons. The number of nitrogens with zero attached hydrogens (tertiary/aromatic N) is 4. The van der Waals surface area contributed by atoms with E-state index in [9.17, 15) is 18.7 Å². The van der Waals surface area contributed by atoms with Crippen molar-refractivity contribution in [1.29, 1.82) is 5.26 Å². The van der Waals surface area contributed by atoms with E-state index < -0.39 is 40.5 Å². The Labute approximate surface area is 249 Å². The molecule has 5 rings (SSSR count). The van der Waals surface area contributed by atoms with Crippen LogP contribution in [0.15, 0.2) is 73.3 Å². The fraction of sp³-hybridized carbons (Fsp3) is 0.267. The van der Waals surface area contributed by atoms with E-state index in [1.807, 2.05) is 6.07 Å². The molecule has 1 amide bonds. The molecule has 0 spiro atoms. The summed E-state index contributed by atoms with van der Waals surface area (Å²) in [6.07, 6.45) is 1.65. The van der Waals surface area contributed by atoms with Gasteiger partial charge in [0, 0.05) is 33.7 Å². The number of rotatable bonds is 9. The summed E-state index contributed by atoms with van der Waals surface area (Å²) in [6.45, 7) is 1.82. The first kappa shape index (κ1) is 30.2. The maximum Gasteiger partial charge on any atom is 0.255 e. The Hall–Kier alpha value is -4.22. The van der Waals surface area contributed by atoms with Gasteiger partial charge >= 0.3 is 0 Å². The number of carbonyl (C=O) groups excluding carboxylic acids is 1. The zero-order valence-corrected chi connectivity index (χ0v) is 23.6. The normalized spacial score (nSPS) is 18.8. The highest BCUT2D eigenvalue weighted by molar-refractivity contribution is 8.00. The van der Waals surface area contributed by atoms with Gasteiger partial charge in [0.15, 0.2) is 6.29 Å². The van der Waals surface area contributed by atoms with Crippen LogP contribution in [0.3, 0.4) is 0 Å². The molecule has 1 aromatic heterocycles. The number of carbonyl (C=O) groups is 1. The molecule has 43 heavy (non-hydrogen) atoms. The SMILES string of the molecule is CC(SC1COC(c2ccc(C(=O)Nc3ccc(C#N)cc3)cc2F)OC1)C(O)(Cn1cncn1)c1ccc(F)cc1F. The van der Waals surface area contributed by atoms with E-state index in [0.717, 1.165) is 12.1 Å². The van der Waals surface area contributed by atoms with Gasteiger partial charge in [0.25, 0.3) is 5.91 Å². The number of nitriles is 1.